The molecule has 0 spiro atoms. The van der Waals surface area contributed by atoms with E-state index in [2.05, 4.69) is 39.6 Å². The SMILES string of the molecule is C=C1CCC[C@]2(C)C[C@H]3OC(=O)[C@H](C[NH2+][C@H](C)CCCC(C)C)[C@H]3C[C@@H]12. The van der Waals surface area contributed by atoms with E-state index in [9.17, 15) is 4.79 Å². The van der Waals surface area contributed by atoms with Crippen molar-refractivity contribution in [3.05, 3.63) is 12.2 Å². The van der Waals surface area contributed by atoms with E-state index in [1.165, 1.54) is 44.1 Å². The molecule has 3 aliphatic rings. The van der Waals surface area contributed by atoms with Crippen LogP contribution in [0, 0.1) is 29.1 Å². The second-order valence-electron chi connectivity index (χ2n) is 10.2. The molecule has 2 aliphatic carbocycles. The van der Waals surface area contributed by atoms with Crippen molar-refractivity contribution in [2.75, 3.05) is 6.54 Å². The molecule has 0 aromatic rings. The van der Waals surface area contributed by atoms with Crippen molar-refractivity contribution in [2.45, 2.75) is 91.2 Å². The molecule has 1 saturated heterocycles. The number of ether oxygens (including phenoxy) is 1. The maximum absolute atomic E-state index is 12.6. The fraction of sp³-hybridized carbons (Fsp3) is 0.870. The lowest BCUT2D eigenvalue weighted by atomic mass is 9.55. The highest BCUT2D eigenvalue weighted by Gasteiger charge is 2.55. The maximum Gasteiger partial charge on any atom is 0.315 e. The molecule has 1 heterocycles. The van der Waals surface area contributed by atoms with Gasteiger partial charge >= 0.3 is 5.97 Å². The topological polar surface area (TPSA) is 42.9 Å². The summed E-state index contributed by atoms with van der Waals surface area (Å²) in [6.45, 7) is 14.6. The largest absolute Gasteiger partial charge is 0.462 e. The maximum atomic E-state index is 12.6. The molecule has 3 nitrogen and oxygen atoms in total. The van der Waals surface area contributed by atoms with Gasteiger partial charge in [0.15, 0.2) is 0 Å². The van der Waals surface area contributed by atoms with E-state index in [0.29, 0.717) is 23.3 Å². The summed E-state index contributed by atoms with van der Waals surface area (Å²) in [4.78, 5) is 12.6. The summed E-state index contributed by atoms with van der Waals surface area (Å²) in [5, 5.41) is 2.40. The van der Waals surface area contributed by atoms with E-state index in [1.54, 1.807) is 0 Å². The van der Waals surface area contributed by atoms with Gasteiger partial charge in [0.05, 0.1) is 12.6 Å². The zero-order chi connectivity index (χ0) is 18.9. The fourth-order valence-corrected chi connectivity index (χ4v) is 5.87. The van der Waals surface area contributed by atoms with E-state index in [-0.39, 0.29) is 18.0 Å². The highest BCUT2D eigenvalue weighted by molar-refractivity contribution is 5.75. The summed E-state index contributed by atoms with van der Waals surface area (Å²) in [5.74, 6) is 1.95. The fourth-order valence-electron chi connectivity index (χ4n) is 5.87. The lowest BCUT2D eigenvalue weighted by molar-refractivity contribution is -0.690. The average Bonchev–Trinajstić information content (AvgIpc) is 2.84. The first-order chi connectivity index (χ1) is 12.3. The Hall–Kier alpha value is -0.830. The van der Waals surface area contributed by atoms with Gasteiger partial charge in [0.1, 0.15) is 12.0 Å². The van der Waals surface area contributed by atoms with Crippen molar-refractivity contribution < 1.29 is 14.8 Å². The Kier molecular flexibility index (Phi) is 6.16. The molecule has 2 saturated carbocycles. The molecule has 6 atom stereocenters. The van der Waals surface area contributed by atoms with Crippen LogP contribution in [0.3, 0.4) is 0 Å². The Morgan fingerprint density at radius 2 is 2.08 bits per heavy atom. The molecule has 0 radical (unpaired) electrons. The molecule has 26 heavy (non-hydrogen) atoms. The van der Waals surface area contributed by atoms with Gasteiger partial charge in [-0.2, -0.15) is 0 Å². The highest BCUT2D eigenvalue weighted by atomic mass is 16.6. The minimum atomic E-state index is 0.0680. The molecule has 2 N–H and O–H groups in total. The third-order valence-electron chi connectivity index (χ3n) is 7.55. The van der Waals surface area contributed by atoms with Gasteiger partial charge in [0.25, 0.3) is 0 Å². The van der Waals surface area contributed by atoms with Crippen LogP contribution in [0.5, 0.6) is 0 Å². The Morgan fingerprint density at radius 1 is 1.31 bits per heavy atom. The molecule has 0 aromatic carbocycles. The number of allylic oxidation sites excluding steroid dienone is 1. The quantitative estimate of drug-likeness (QED) is 0.548. The number of hydrogen-bond donors (Lipinski definition) is 1. The molecule has 3 heteroatoms. The van der Waals surface area contributed by atoms with Gasteiger partial charge in [0.2, 0.25) is 0 Å². The Labute approximate surface area is 160 Å². The minimum Gasteiger partial charge on any atom is -0.462 e. The summed E-state index contributed by atoms with van der Waals surface area (Å²) in [6, 6.07) is 0.596. The molecule has 3 fully saturated rings. The van der Waals surface area contributed by atoms with E-state index < -0.39 is 0 Å². The van der Waals surface area contributed by atoms with Crippen LogP contribution in [-0.2, 0) is 9.53 Å². The third kappa shape index (κ3) is 4.18. The first kappa shape index (κ1) is 19.9. The number of carbonyl (C=O) groups excluding carboxylic acids is 1. The number of quaternary nitrogens is 1. The number of rotatable bonds is 7. The van der Waals surface area contributed by atoms with Crippen molar-refractivity contribution in [2.24, 2.45) is 29.1 Å². The van der Waals surface area contributed by atoms with E-state index in [4.69, 9.17) is 4.74 Å². The number of hydrogen-bond acceptors (Lipinski definition) is 2. The molecule has 3 rings (SSSR count). The average molecular weight is 363 g/mol. The summed E-state index contributed by atoms with van der Waals surface area (Å²) in [6.07, 6.45) is 9.85. The van der Waals surface area contributed by atoms with Crippen molar-refractivity contribution >= 4 is 5.97 Å². The van der Waals surface area contributed by atoms with Gasteiger partial charge in [-0.1, -0.05) is 39.3 Å². The van der Waals surface area contributed by atoms with Crippen LogP contribution in [0.25, 0.3) is 0 Å². The molecule has 0 aromatic heterocycles. The predicted molar refractivity (Wildman–Crippen MR) is 106 cm³/mol. The van der Waals surface area contributed by atoms with Crippen LogP contribution >= 0.6 is 0 Å². The number of esters is 1. The normalized spacial score (nSPS) is 38.0. The van der Waals surface area contributed by atoms with E-state index in [1.807, 2.05) is 0 Å². The van der Waals surface area contributed by atoms with Crippen LogP contribution in [0.2, 0.25) is 0 Å². The zero-order valence-electron chi connectivity index (χ0n) is 17.4. The van der Waals surface area contributed by atoms with E-state index in [0.717, 1.165) is 25.3 Å². The minimum absolute atomic E-state index is 0.0680. The smallest absolute Gasteiger partial charge is 0.315 e. The van der Waals surface area contributed by atoms with Crippen LogP contribution in [0.1, 0.15) is 79.1 Å². The van der Waals surface area contributed by atoms with Crippen LogP contribution in [-0.4, -0.2) is 24.7 Å². The van der Waals surface area contributed by atoms with Gasteiger partial charge in [-0.15, -0.1) is 0 Å². The number of fused-ring (bicyclic) bond motifs is 2. The van der Waals surface area contributed by atoms with Gasteiger partial charge in [0, 0.05) is 5.92 Å². The van der Waals surface area contributed by atoms with Crippen LogP contribution < -0.4 is 5.32 Å². The monoisotopic (exact) mass is 362 g/mol. The standard InChI is InChI=1S/C23H39NO2/c1-15(2)8-6-10-17(4)24-14-19-18-12-20-16(3)9-7-11-23(20,5)13-21(18)26-22(19)25/h15,17-21,24H,3,6-14H2,1-2,4-5H3/p+1/t17-,18-,19-,20+,21-,23-/m1/s1. The first-order valence-corrected chi connectivity index (χ1v) is 11.0. The third-order valence-corrected chi connectivity index (χ3v) is 7.55. The lowest BCUT2D eigenvalue weighted by Gasteiger charge is -2.49. The Morgan fingerprint density at radius 3 is 2.81 bits per heavy atom. The van der Waals surface area contributed by atoms with Crippen molar-refractivity contribution in [1.29, 1.82) is 0 Å². The molecule has 0 amide bonds. The lowest BCUT2D eigenvalue weighted by Crippen LogP contribution is -2.90. The predicted octanol–water partition coefficient (Wildman–Crippen LogP) is 4.08. The van der Waals surface area contributed by atoms with E-state index >= 15 is 0 Å². The summed E-state index contributed by atoms with van der Waals surface area (Å²) >= 11 is 0. The van der Waals surface area contributed by atoms with Crippen LogP contribution in [0.15, 0.2) is 12.2 Å². The second kappa shape index (κ2) is 8.04. The summed E-state index contributed by atoms with van der Waals surface area (Å²) in [5.41, 5.74) is 1.74. The molecular formula is C23H40NO2+. The molecule has 1 aliphatic heterocycles. The van der Waals surface area contributed by atoms with Crippen LogP contribution in [0.4, 0.5) is 0 Å². The van der Waals surface area contributed by atoms with Gasteiger partial charge in [-0.3, -0.25) is 4.79 Å². The summed E-state index contributed by atoms with van der Waals surface area (Å²) < 4.78 is 5.88. The Bertz CT molecular complexity index is 528. The zero-order valence-corrected chi connectivity index (χ0v) is 17.4. The first-order valence-electron chi connectivity index (χ1n) is 11.0. The van der Waals surface area contributed by atoms with Gasteiger partial charge < -0.3 is 10.1 Å². The Balaban J connectivity index is 1.56. The van der Waals surface area contributed by atoms with Crippen molar-refractivity contribution in [3.63, 3.8) is 0 Å². The number of carbonyl (C=O) groups is 1. The highest BCUT2D eigenvalue weighted by Crippen LogP contribution is 2.56. The summed E-state index contributed by atoms with van der Waals surface area (Å²) in [7, 11) is 0. The van der Waals surface area contributed by atoms with Crippen molar-refractivity contribution in [3.8, 4) is 0 Å². The molecule has 0 bridgehead atoms. The van der Waals surface area contributed by atoms with Crippen molar-refractivity contribution in [1.82, 2.24) is 0 Å². The molecule has 148 valence electrons. The second-order valence-corrected chi connectivity index (χ2v) is 10.2. The number of nitrogens with two attached hydrogens (primary N) is 1. The van der Waals surface area contributed by atoms with Gasteiger partial charge in [-0.25, -0.2) is 0 Å². The molecule has 0 unspecified atom stereocenters. The molecular weight excluding hydrogens is 322 g/mol. The van der Waals surface area contributed by atoms with Gasteiger partial charge in [-0.05, 0) is 69.1 Å².